The molecule has 3 atom stereocenters. The van der Waals surface area contributed by atoms with Gasteiger partial charge in [0.2, 0.25) is 0 Å². The highest BCUT2D eigenvalue weighted by atomic mass is 35.5. The lowest BCUT2D eigenvalue weighted by Gasteiger charge is -2.40. The summed E-state index contributed by atoms with van der Waals surface area (Å²) in [6.07, 6.45) is 1.20. The van der Waals surface area contributed by atoms with Crippen LogP contribution in [0.2, 0.25) is 5.02 Å². The third-order valence-corrected chi connectivity index (χ3v) is 4.95. The molecule has 2 fully saturated rings. The normalized spacial score (nSPS) is 28.5. The van der Waals surface area contributed by atoms with Crippen molar-refractivity contribution in [3.8, 4) is 5.75 Å². The maximum atomic E-state index is 12.8. The fourth-order valence-electron chi connectivity index (χ4n) is 3.57. The van der Waals surface area contributed by atoms with Crippen molar-refractivity contribution in [1.82, 2.24) is 5.32 Å². The molecule has 0 saturated carbocycles. The molecule has 22 heavy (non-hydrogen) atoms. The van der Waals surface area contributed by atoms with Crippen molar-refractivity contribution in [2.24, 2.45) is 5.92 Å². The van der Waals surface area contributed by atoms with E-state index in [4.69, 9.17) is 16.3 Å². The molecule has 1 aromatic rings. The van der Waals surface area contributed by atoms with E-state index < -0.39 is 11.7 Å². The number of fused-ring (bicyclic) bond motifs is 2. The van der Waals surface area contributed by atoms with Crippen molar-refractivity contribution < 1.29 is 17.9 Å². The molecule has 0 spiro atoms. The van der Waals surface area contributed by atoms with E-state index in [9.17, 15) is 13.2 Å². The molecule has 2 saturated heterocycles. The minimum atomic E-state index is -4.46. The number of nitrogens with one attached hydrogen (secondary N) is 1. The Hall–Kier alpha value is -0.940. The summed E-state index contributed by atoms with van der Waals surface area (Å²) in [7, 11) is 0. The second kappa shape index (κ2) is 6.28. The molecule has 2 heterocycles. The molecule has 1 unspecified atom stereocenters. The second-order valence-corrected chi connectivity index (χ2v) is 6.63. The van der Waals surface area contributed by atoms with Crippen LogP contribution in [0.4, 0.5) is 13.2 Å². The van der Waals surface area contributed by atoms with E-state index >= 15 is 0 Å². The minimum absolute atomic E-state index is 0.125. The summed E-state index contributed by atoms with van der Waals surface area (Å²) in [5.41, 5.74) is -0.839. The van der Waals surface area contributed by atoms with Gasteiger partial charge >= 0.3 is 6.18 Å². The van der Waals surface area contributed by atoms with Crippen LogP contribution in [0.1, 0.15) is 37.7 Å². The van der Waals surface area contributed by atoms with Crippen molar-refractivity contribution in [1.29, 1.82) is 0 Å². The fourth-order valence-corrected chi connectivity index (χ4v) is 3.86. The fraction of sp³-hybridized carbons (Fsp3) is 0.625. The Morgan fingerprint density at radius 1 is 1.18 bits per heavy atom. The topological polar surface area (TPSA) is 21.3 Å². The van der Waals surface area contributed by atoms with Crippen LogP contribution in [-0.4, -0.2) is 18.7 Å². The van der Waals surface area contributed by atoms with Gasteiger partial charge in [-0.1, -0.05) is 24.1 Å². The number of hydrogen-bond acceptors (Lipinski definition) is 2. The molecule has 0 aliphatic carbocycles. The Kier molecular flexibility index (Phi) is 4.55. The molecule has 0 aromatic heterocycles. The first-order valence-corrected chi connectivity index (χ1v) is 8.06. The maximum Gasteiger partial charge on any atom is 0.417 e. The van der Waals surface area contributed by atoms with E-state index in [0.29, 0.717) is 24.6 Å². The molecule has 1 N–H and O–H groups in total. The van der Waals surface area contributed by atoms with Crippen LogP contribution in [0, 0.1) is 5.92 Å². The quantitative estimate of drug-likeness (QED) is 0.868. The Morgan fingerprint density at radius 3 is 2.50 bits per heavy atom. The number of benzene rings is 1. The molecule has 2 aliphatic rings. The van der Waals surface area contributed by atoms with Gasteiger partial charge in [-0.2, -0.15) is 13.2 Å². The summed E-state index contributed by atoms with van der Waals surface area (Å²) in [4.78, 5) is 0. The van der Waals surface area contributed by atoms with Crippen molar-refractivity contribution in [2.75, 3.05) is 6.61 Å². The summed E-state index contributed by atoms with van der Waals surface area (Å²) in [6, 6.07) is 4.86. The number of ether oxygens (including phenoxy) is 1. The van der Waals surface area contributed by atoms with Gasteiger partial charge in [-0.05, 0) is 43.7 Å². The van der Waals surface area contributed by atoms with Crippen LogP contribution in [-0.2, 0) is 6.18 Å². The van der Waals surface area contributed by atoms with Gasteiger partial charge in [-0.15, -0.1) is 0 Å². The number of halogens is 4. The predicted octanol–water partition coefficient (Wildman–Crippen LogP) is 4.66. The summed E-state index contributed by atoms with van der Waals surface area (Å²) < 4.78 is 44.1. The first-order chi connectivity index (χ1) is 10.4. The molecule has 0 amide bonds. The average molecular weight is 334 g/mol. The lowest BCUT2D eigenvalue weighted by Crippen LogP contribution is -2.49. The summed E-state index contributed by atoms with van der Waals surface area (Å²) >= 11 is 5.85. The third kappa shape index (κ3) is 3.51. The van der Waals surface area contributed by atoms with Gasteiger partial charge in [0, 0.05) is 12.1 Å². The maximum absolute atomic E-state index is 12.8. The molecule has 3 rings (SSSR count). The minimum Gasteiger partial charge on any atom is -0.492 e. The van der Waals surface area contributed by atoms with Crippen LogP contribution < -0.4 is 10.1 Å². The van der Waals surface area contributed by atoms with Crippen LogP contribution >= 0.6 is 11.6 Å². The summed E-state index contributed by atoms with van der Waals surface area (Å²) in [5.74, 6) is 0.502. The third-order valence-electron chi connectivity index (χ3n) is 4.56. The largest absolute Gasteiger partial charge is 0.492 e. The van der Waals surface area contributed by atoms with Crippen LogP contribution in [0.15, 0.2) is 18.2 Å². The molecule has 6 heteroatoms. The summed E-state index contributed by atoms with van der Waals surface area (Å²) in [6.45, 7) is 0.426. The molecule has 2 nitrogen and oxygen atoms in total. The number of hydrogen-bond donors (Lipinski definition) is 1. The molecule has 2 bridgehead atoms. The van der Waals surface area contributed by atoms with Crippen molar-refractivity contribution in [2.45, 2.75) is 50.4 Å². The first kappa shape index (κ1) is 15.9. The van der Waals surface area contributed by atoms with Crippen molar-refractivity contribution in [3.05, 3.63) is 28.8 Å². The molecule has 2 aliphatic heterocycles. The van der Waals surface area contributed by atoms with Crippen molar-refractivity contribution in [3.63, 3.8) is 0 Å². The lowest BCUT2D eigenvalue weighted by molar-refractivity contribution is -0.137. The van der Waals surface area contributed by atoms with E-state index in [-0.39, 0.29) is 10.8 Å². The number of rotatable bonds is 3. The molecule has 122 valence electrons. The van der Waals surface area contributed by atoms with Crippen LogP contribution in [0.25, 0.3) is 0 Å². The zero-order chi connectivity index (χ0) is 15.7. The highest BCUT2D eigenvalue weighted by Crippen LogP contribution is 2.39. The van der Waals surface area contributed by atoms with E-state index in [2.05, 4.69) is 5.32 Å². The van der Waals surface area contributed by atoms with E-state index in [1.807, 2.05) is 0 Å². The zero-order valence-corrected chi connectivity index (χ0v) is 12.9. The van der Waals surface area contributed by atoms with Gasteiger partial charge in [0.05, 0.1) is 17.2 Å². The molecule has 1 aromatic carbocycles. The number of alkyl halides is 3. The number of piperidine rings is 2. The average Bonchev–Trinajstić information content (AvgIpc) is 2.44. The van der Waals surface area contributed by atoms with Crippen LogP contribution in [0.3, 0.4) is 0 Å². The molecular weight excluding hydrogens is 315 g/mol. The van der Waals surface area contributed by atoms with Crippen molar-refractivity contribution >= 4 is 11.6 Å². The second-order valence-electron chi connectivity index (χ2n) is 6.26. The first-order valence-electron chi connectivity index (χ1n) is 7.68. The van der Waals surface area contributed by atoms with Gasteiger partial charge < -0.3 is 10.1 Å². The Balaban J connectivity index is 1.64. The van der Waals surface area contributed by atoms with E-state index in [1.165, 1.54) is 31.4 Å². The smallest absolute Gasteiger partial charge is 0.417 e. The Morgan fingerprint density at radius 2 is 1.86 bits per heavy atom. The summed E-state index contributed by atoms with van der Waals surface area (Å²) in [5, 5.41) is 3.25. The SMILES string of the molecule is FC(F)(F)c1cccc(OCC2C[C@H]3CCC[C@@H](C2)N3)c1Cl. The van der Waals surface area contributed by atoms with Gasteiger partial charge in [-0.25, -0.2) is 0 Å². The monoisotopic (exact) mass is 333 g/mol. The molecule has 0 radical (unpaired) electrons. The lowest BCUT2D eigenvalue weighted by atomic mass is 9.81. The predicted molar refractivity (Wildman–Crippen MR) is 79.2 cm³/mol. The highest BCUT2D eigenvalue weighted by Gasteiger charge is 2.35. The highest BCUT2D eigenvalue weighted by molar-refractivity contribution is 6.32. The Bertz CT molecular complexity index is 523. The van der Waals surface area contributed by atoms with Gasteiger partial charge in [0.15, 0.2) is 0 Å². The van der Waals surface area contributed by atoms with Crippen LogP contribution in [0.5, 0.6) is 5.75 Å². The zero-order valence-electron chi connectivity index (χ0n) is 12.1. The molecular formula is C16H19ClF3NO. The van der Waals surface area contributed by atoms with Gasteiger partial charge in [-0.3, -0.25) is 0 Å². The van der Waals surface area contributed by atoms with E-state index in [1.54, 1.807) is 0 Å². The van der Waals surface area contributed by atoms with Gasteiger partial charge in [0.25, 0.3) is 0 Å². The van der Waals surface area contributed by atoms with E-state index in [0.717, 1.165) is 18.9 Å². The van der Waals surface area contributed by atoms with Gasteiger partial charge in [0.1, 0.15) is 5.75 Å². The Labute approximate surface area is 133 Å². The standard InChI is InChI=1S/C16H19ClF3NO/c17-15-13(16(18,19)20)5-2-6-14(15)22-9-10-7-11-3-1-4-12(8-10)21-11/h2,5-6,10-12,21H,1,3-4,7-9H2/t10?,11-,12+.